The zero-order chi connectivity index (χ0) is 22.5. The number of hydrazone groups is 1. The van der Waals surface area contributed by atoms with Gasteiger partial charge in [-0.15, -0.1) is 0 Å². The fourth-order valence-electron chi connectivity index (χ4n) is 2.75. The maximum absolute atomic E-state index is 10.7. The maximum atomic E-state index is 10.7. The van der Waals surface area contributed by atoms with Crippen molar-refractivity contribution < 1.29 is 26.1 Å². The normalized spacial score (nSPS) is 14.0. The van der Waals surface area contributed by atoms with E-state index in [1.165, 1.54) is 0 Å². The lowest BCUT2D eigenvalue weighted by atomic mass is 10.2. The zero-order valence-corrected chi connectivity index (χ0v) is 16.8. The van der Waals surface area contributed by atoms with E-state index in [0.717, 1.165) is 22.8 Å². The molecule has 0 fully saturated rings. The summed E-state index contributed by atoms with van der Waals surface area (Å²) in [5, 5.41) is 6.90. The molecular weight excluding hydrogens is 431 g/mol. The molecule has 6 nitrogen and oxygen atoms in total. The molecule has 0 aromatic heterocycles. The first-order valence-corrected chi connectivity index (χ1v) is 10.4. The van der Waals surface area contributed by atoms with Gasteiger partial charge in [0.25, 0.3) is 0 Å². The summed E-state index contributed by atoms with van der Waals surface area (Å²) in [7, 11) is -6.09. The lowest BCUT2D eigenvalue weighted by Crippen LogP contribution is -2.31. The topological polar surface area (TPSA) is 76.0 Å². The molecule has 0 spiro atoms. The van der Waals surface area contributed by atoms with Crippen LogP contribution in [0.1, 0.15) is 5.56 Å². The van der Waals surface area contributed by atoms with Crippen LogP contribution in [0.4, 0.5) is 24.5 Å². The molecular formula is C21H17F3N3O3S-. The second-order valence-corrected chi connectivity index (χ2v) is 7.70. The van der Waals surface area contributed by atoms with Crippen LogP contribution in [0.25, 0.3) is 0 Å². The molecule has 0 N–H and O–H groups in total. The Morgan fingerprint density at radius 3 is 1.65 bits per heavy atom. The molecule has 1 aliphatic heterocycles. The van der Waals surface area contributed by atoms with Crippen molar-refractivity contribution in [3.63, 3.8) is 0 Å². The van der Waals surface area contributed by atoms with E-state index in [0.29, 0.717) is 6.67 Å². The van der Waals surface area contributed by atoms with Crippen molar-refractivity contribution in [2.45, 2.75) is 5.51 Å². The highest BCUT2D eigenvalue weighted by Crippen LogP contribution is 2.26. The van der Waals surface area contributed by atoms with Gasteiger partial charge in [0.2, 0.25) is 0 Å². The zero-order valence-electron chi connectivity index (χ0n) is 16.0. The molecule has 0 amide bonds. The van der Waals surface area contributed by atoms with E-state index in [9.17, 15) is 13.2 Å². The summed E-state index contributed by atoms with van der Waals surface area (Å²) in [6.45, 7) is 0.707. The van der Waals surface area contributed by atoms with Gasteiger partial charge in [-0.2, -0.15) is 18.3 Å². The Morgan fingerprint density at radius 2 is 1.19 bits per heavy atom. The standard InChI is InChI=1S/C20H17N3.CHF3O3S/c1-4-10-17(11-5-1)20-21-23(19-14-8-3-9-15-19)16-22(20)18-12-6-2-7-13-18;2-1(3,4)8(5,6)7/h1-15H,16H2;(H,5,6,7)/p-1. The minimum Gasteiger partial charge on any atom is -0.741 e. The molecule has 3 aromatic carbocycles. The van der Waals surface area contributed by atoms with Gasteiger partial charge in [0, 0.05) is 11.3 Å². The van der Waals surface area contributed by atoms with E-state index in [-0.39, 0.29) is 0 Å². The molecule has 31 heavy (non-hydrogen) atoms. The molecule has 1 aliphatic rings. The molecule has 162 valence electrons. The minimum atomic E-state index is -6.09. The molecule has 0 atom stereocenters. The smallest absolute Gasteiger partial charge is 0.485 e. The third-order valence-electron chi connectivity index (χ3n) is 4.18. The summed E-state index contributed by atoms with van der Waals surface area (Å²) in [5.41, 5.74) is -2.28. The van der Waals surface area contributed by atoms with Crippen LogP contribution in [0.5, 0.6) is 0 Å². The van der Waals surface area contributed by atoms with Crippen molar-refractivity contribution in [2.75, 3.05) is 16.6 Å². The first-order valence-electron chi connectivity index (χ1n) is 8.98. The van der Waals surface area contributed by atoms with E-state index in [1.807, 2.05) is 47.5 Å². The number of hydrogen-bond donors (Lipinski definition) is 0. The van der Waals surface area contributed by atoms with E-state index < -0.39 is 15.6 Å². The van der Waals surface area contributed by atoms with Crippen LogP contribution in [0.15, 0.2) is 96.1 Å². The first-order chi connectivity index (χ1) is 14.7. The molecule has 10 heteroatoms. The number of nitrogens with zero attached hydrogens (tertiary/aromatic N) is 3. The van der Waals surface area contributed by atoms with Gasteiger partial charge in [-0.05, 0) is 24.3 Å². The molecule has 0 bridgehead atoms. The summed E-state index contributed by atoms with van der Waals surface area (Å²) in [5.74, 6) is 0.973. The van der Waals surface area contributed by atoms with Crippen molar-refractivity contribution >= 4 is 27.3 Å². The van der Waals surface area contributed by atoms with E-state index >= 15 is 0 Å². The van der Waals surface area contributed by atoms with E-state index in [4.69, 9.17) is 18.1 Å². The molecule has 0 saturated heterocycles. The fraction of sp³-hybridized carbons (Fsp3) is 0.0952. The number of para-hydroxylation sites is 2. The van der Waals surface area contributed by atoms with Gasteiger partial charge < -0.3 is 9.45 Å². The van der Waals surface area contributed by atoms with Crippen molar-refractivity contribution in [3.8, 4) is 0 Å². The predicted octanol–water partition coefficient (Wildman–Crippen LogP) is 4.38. The van der Waals surface area contributed by atoms with Crippen LogP contribution in [0.3, 0.4) is 0 Å². The second kappa shape index (κ2) is 9.19. The Kier molecular flexibility index (Phi) is 6.62. The first kappa shape index (κ1) is 22.3. The van der Waals surface area contributed by atoms with E-state index in [2.05, 4.69) is 53.4 Å². The predicted molar refractivity (Wildman–Crippen MR) is 111 cm³/mol. The van der Waals surface area contributed by atoms with Gasteiger partial charge in [-0.3, -0.25) is 0 Å². The molecule has 0 radical (unpaired) electrons. The van der Waals surface area contributed by atoms with Gasteiger partial charge in [-0.1, -0.05) is 66.7 Å². The number of hydrogen-bond acceptors (Lipinski definition) is 6. The van der Waals surface area contributed by atoms with Crippen LogP contribution in [-0.2, 0) is 10.1 Å². The molecule has 0 saturated carbocycles. The highest BCUT2D eigenvalue weighted by molar-refractivity contribution is 7.86. The van der Waals surface area contributed by atoms with Gasteiger partial charge in [0.1, 0.15) is 6.67 Å². The number of halogens is 3. The summed E-state index contributed by atoms with van der Waals surface area (Å²) in [6.07, 6.45) is 0. The lowest BCUT2D eigenvalue weighted by molar-refractivity contribution is -0.0517. The number of benzene rings is 3. The Bertz CT molecular complexity index is 1120. The third kappa shape index (κ3) is 5.62. The third-order valence-corrected chi connectivity index (χ3v) is 4.75. The fourth-order valence-corrected chi connectivity index (χ4v) is 2.75. The number of alkyl halides is 3. The van der Waals surface area contributed by atoms with Crippen LogP contribution in [0.2, 0.25) is 0 Å². The maximum Gasteiger partial charge on any atom is 0.485 e. The average Bonchev–Trinajstić information content (AvgIpc) is 3.20. The second-order valence-electron chi connectivity index (χ2n) is 6.33. The number of amidine groups is 1. The Balaban J connectivity index is 0.000000293. The highest BCUT2D eigenvalue weighted by atomic mass is 32.2. The molecule has 3 aromatic rings. The van der Waals surface area contributed by atoms with E-state index in [1.54, 1.807) is 0 Å². The Morgan fingerprint density at radius 1 is 0.774 bits per heavy atom. The van der Waals surface area contributed by atoms with Gasteiger partial charge in [-0.25, -0.2) is 13.4 Å². The molecule has 0 unspecified atom stereocenters. The molecule has 0 aliphatic carbocycles. The summed E-state index contributed by atoms with van der Waals surface area (Å²) < 4.78 is 58.9. The average molecular weight is 448 g/mol. The number of rotatable bonds is 3. The van der Waals surface area contributed by atoms with Crippen LogP contribution in [0, 0.1) is 0 Å². The Hall–Kier alpha value is -3.37. The molecule has 1 heterocycles. The van der Waals surface area contributed by atoms with Gasteiger partial charge in [0.05, 0.1) is 5.69 Å². The lowest BCUT2D eigenvalue weighted by Gasteiger charge is -2.21. The Labute approximate surface area is 177 Å². The quantitative estimate of drug-likeness (QED) is 0.439. The van der Waals surface area contributed by atoms with Crippen molar-refractivity contribution in [1.82, 2.24) is 0 Å². The monoisotopic (exact) mass is 448 g/mol. The number of anilines is 2. The van der Waals surface area contributed by atoms with Gasteiger partial charge in [0.15, 0.2) is 16.0 Å². The summed E-state index contributed by atoms with van der Waals surface area (Å²) in [6, 6.07) is 31.0. The van der Waals surface area contributed by atoms with Crippen LogP contribution in [-0.4, -0.2) is 31.0 Å². The van der Waals surface area contributed by atoms with Crippen LogP contribution >= 0.6 is 0 Å². The summed E-state index contributed by atoms with van der Waals surface area (Å²) in [4.78, 5) is 2.24. The SMILES string of the molecule is O=S(=O)([O-])C(F)(F)F.c1ccc(C2=NN(c3ccccc3)CN2c2ccccc2)cc1. The highest BCUT2D eigenvalue weighted by Gasteiger charge is 2.36. The van der Waals surface area contributed by atoms with Crippen molar-refractivity contribution in [2.24, 2.45) is 5.10 Å². The summed E-state index contributed by atoms with van der Waals surface area (Å²) >= 11 is 0. The van der Waals surface area contributed by atoms with Crippen molar-refractivity contribution in [1.29, 1.82) is 0 Å². The van der Waals surface area contributed by atoms with Crippen LogP contribution < -0.4 is 9.91 Å². The minimum absolute atomic E-state index is 0.707. The largest absolute Gasteiger partial charge is 0.741 e. The molecule has 4 rings (SSSR count). The van der Waals surface area contributed by atoms with Gasteiger partial charge >= 0.3 is 5.51 Å². The van der Waals surface area contributed by atoms with Crippen molar-refractivity contribution in [3.05, 3.63) is 96.6 Å².